The second-order valence-corrected chi connectivity index (χ2v) is 6.34. The Morgan fingerprint density at radius 1 is 1.43 bits per heavy atom. The van der Waals surface area contributed by atoms with Gasteiger partial charge in [-0.05, 0) is 24.5 Å². The fraction of sp³-hybridized carbons (Fsp3) is 0.647. The molecule has 0 aliphatic carbocycles. The van der Waals surface area contributed by atoms with Crippen LogP contribution in [0.25, 0.3) is 0 Å². The highest BCUT2D eigenvalue weighted by Crippen LogP contribution is 2.33. The van der Waals surface area contributed by atoms with E-state index in [1.807, 2.05) is 12.1 Å². The molecule has 0 aromatic heterocycles. The zero-order chi connectivity index (χ0) is 15.4. The number of hydrogen-bond acceptors (Lipinski definition) is 3. The number of piperazine rings is 1. The fourth-order valence-corrected chi connectivity index (χ4v) is 3.21. The van der Waals surface area contributed by atoms with Crippen LogP contribution in [0.3, 0.4) is 0 Å². The largest absolute Gasteiger partial charge is 0.497 e. The van der Waals surface area contributed by atoms with Crippen molar-refractivity contribution in [2.45, 2.75) is 45.7 Å². The summed E-state index contributed by atoms with van der Waals surface area (Å²) in [5.41, 5.74) is 1.10. The zero-order valence-corrected chi connectivity index (χ0v) is 14.3. The SMILES string of the molecule is CCC(C)C1CN(c2cc(OC)ccc2Cl)C(CC)CN1. The van der Waals surface area contributed by atoms with E-state index < -0.39 is 0 Å². The number of methoxy groups -OCH3 is 1. The Labute approximate surface area is 133 Å². The average molecular weight is 311 g/mol. The molecule has 3 unspecified atom stereocenters. The summed E-state index contributed by atoms with van der Waals surface area (Å²) in [6.07, 6.45) is 2.29. The second kappa shape index (κ2) is 7.37. The molecule has 2 rings (SSSR count). The number of nitrogens with one attached hydrogen (secondary N) is 1. The van der Waals surface area contributed by atoms with Crippen LogP contribution >= 0.6 is 11.6 Å². The minimum atomic E-state index is 0.481. The molecule has 1 N–H and O–H groups in total. The number of halogens is 1. The first-order chi connectivity index (χ1) is 10.1. The Kier molecular flexibility index (Phi) is 5.77. The Balaban J connectivity index is 2.28. The molecule has 21 heavy (non-hydrogen) atoms. The maximum absolute atomic E-state index is 6.45. The average Bonchev–Trinajstić information content (AvgIpc) is 2.54. The van der Waals surface area contributed by atoms with Crippen LogP contribution in [-0.2, 0) is 0 Å². The maximum atomic E-state index is 6.45. The van der Waals surface area contributed by atoms with Crippen molar-refractivity contribution in [1.82, 2.24) is 5.32 Å². The minimum Gasteiger partial charge on any atom is -0.497 e. The molecular weight excluding hydrogens is 284 g/mol. The van der Waals surface area contributed by atoms with Gasteiger partial charge in [0.2, 0.25) is 0 Å². The van der Waals surface area contributed by atoms with E-state index in [2.05, 4.69) is 37.1 Å². The number of rotatable bonds is 5. The van der Waals surface area contributed by atoms with Gasteiger partial charge in [-0.3, -0.25) is 0 Å². The summed E-state index contributed by atoms with van der Waals surface area (Å²) < 4.78 is 5.36. The lowest BCUT2D eigenvalue weighted by Gasteiger charge is -2.44. The van der Waals surface area contributed by atoms with Crippen molar-refractivity contribution in [3.05, 3.63) is 23.2 Å². The lowest BCUT2D eigenvalue weighted by molar-refractivity contribution is 0.306. The van der Waals surface area contributed by atoms with Gasteiger partial charge in [0, 0.05) is 31.2 Å². The molecule has 3 nitrogen and oxygen atoms in total. The first-order valence-electron chi connectivity index (χ1n) is 7.94. The molecular formula is C17H27ClN2O. The molecule has 0 spiro atoms. The molecule has 1 aliphatic rings. The van der Waals surface area contributed by atoms with Crippen molar-refractivity contribution in [3.8, 4) is 5.75 Å². The first kappa shape index (κ1) is 16.4. The van der Waals surface area contributed by atoms with Crippen LogP contribution in [0.1, 0.15) is 33.6 Å². The molecule has 1 aromatic carbocycles. The Hall–Kier alpha value is -0.930. The van der Waals surface area contributed by atoms with E-state index in [0.717, 1.165) is 36.0 Å². The standard InChI is InChI=1S/C17H27ClN2O/c1-5-12(3)16-11-20(13(6-2)10-19-16)17-9-14(21-4)7-8-15(17)18/h7-9,12-13,16,19H,5-6,10-11H2,1-4H3. The molecule has 0 saturated carbocycles. The third-order valence-corrected chi connectivity index (χ3v) is 5.03. The van der Waals surface area contributed by atoms with Crippen molar-refractivity contribution >= 4 is 17.3 Å². The number of anilines is 1. The first-order valence-corrected chi connectivity index (χ1v) is 8.32. The van der Waals surface area contributed by atoms with Gasteiger partial charge in [0.15, 0.2) is 0 Å². The number of benzene rings is 1. The third-order valence-electron chi connectivity index (χ3n) is 4.71. The Morgan fingerprint density at radius 2 is 2.19 bits per heavy atom. The van der Waals surface area contributed by atoms with Crippen LogP contribution in [0.15, 0.2) is 18.2 Å². The van der Waals surface area contributed by atoms with Crippen LogP contribution in [0.4, 0.5) is 5.69 Å². The van der Waals surface area contributed by atoms with Gasteiger partial charge >= 0.3 is 0 Å². The summed E-state index contributed by atoms with van der Waals surface area (Å²) >= 11 is 6.45. The van der Waals surface area contributed by atoms with Gasteiger partial charge < -0.3 is 15.0 Å². The molecule has 1 aromatic rings. The predicted octanol–water partition coefficient (Wildman–Crippen LogP) is 3.95. The monoisotopic (exact) mass is 310 g/mol. The van der Waals surface area contributed by atoms with Crippen molar-refractivity contribution < 1.29 is 4.74 Å². The van der Waals surface area contributed by atoms with Crippen molar-refractivity contribution in [2.75, 3.05) is 25.1 Å². The molecule has 1 saturated heterocycles. The van der Waals surface area contributed by atoms with Gasteiger partial charge in [-0.1, -0.05) is 38.8 Å². The summed E-state index contributed by atoms with van der Waals surface area (Å²) in [6.45, 7) is 8.81. The highest BCUT2D eigenvalue weighted by molar-refractivity contribution is 6.33. The molecule has 1 fully saturated rings. The van der Waals surface area contributed by atoms with E-state index in [4.69, 9.17) is 16.3 Å². The molecule has 3 atom stereocenters. The van der Waals surface area contributed by atoms with Gasteiger partial charge in [0.25, 0.3) is 0 Å². The van der Waals surface area contributed by atoms with E-state index in [0.29, 0.717) is 18.0 Å². The van der Waals surface area contributed by atoms with E-state index >= 15 is 0 Å². The van der Waals surface area contributed by atoms with Gasteiger partial charge in [0.05, 0.1) is 17.8 Å². The van der Waals surface area contributed by atoms with E-state index in [-0.39, 0.29) is 0 Å². The Morgan fingerprint density at radius 3 is 2.81 bits per heavy atom. The smallest absolute Gasteiger partial charge is 0.121 e. The second-order valence-electron chi connectivity index (χ2n) is 5.93. The fourth-order valence-electron chi connectivity index (χ4n) is 2.99. The molecule has 118 valence electrons. The van der Waals surface area contributed by atoms with E-state index in [9.17, 15) is 0 Å². The van der Waals surface area contributed by atoms with Crippen LogP contribution < -0.4 is 15.0 Å². The summed E-state index contributed by atoms with van der Waals surface area (Å²) in [5.74, 6) is 1.53. The normalized spacial score (nSPS) is 24.0. The van der Waals surface area contributed by atoms with Crippen molar-refractivity contribution in [3.63, 3.8) is 0 Å². The van der Waals surface area contributed by atoms with Crippen LogP contribution in [-0.4, -0.2) is 32.3 Å². The molecule has 0 bridgehead atoms. The zero-order valence-electron chi connectivity index (χ0n) is 13.5. The van der Waals surface area contributed by atoms with E-state index in [1.54, 1.807) is 7.11 Å². The highest BCUT2D eigenvalue weighted by Gasteiger charge is 2.30. The molecule has 0 amide bonds. The van der Waals surface area contributed by atoms with Crippen molar-refractivity contribution in [1.29, 1.82) is 0 Å². The molecule has 1 aliphatic heterocycles. The number of nitrogens with zero attached hydrogens (tertiary/aromatic N) is 1. The summed E-state index contributed by atoms with van der Waals surface area (Å²) in [4.78, 5) is 2.46. The summed E-state index contributed by atoms with van der Waals surface area (Å²) in [7, 11) is 1.70. The van der Waals surface area contributed by atoms with E-state index in [1.165, 1.54) is 6.42 Å². The van der Waals surface area contributed by atoms with Crippen LogP contribution in [0, 0.1) is 5.92 Å². The van der Waals surface area contributed by atoms with Gasteiger partial charge in [-0.15, -0.1) is 0 Å². The van der Waals surface area contributed by atoms with Gasteiger partial charge in [-0.25, -0.2) is 0 Å². The highest BCUT2D eigenvalue weighted by atomic mass is 35.5. The van der Waals surface area contributed by atoms with Gasteiger partial charge in [-0.2, -0.15) is 0 Å². The van der Waals surface area contributed by atoms with Crippen LogP contribution in [0.2, 0.25) is 5.02 Å². The quantitative estimate of drug-likeness (QED) is 0.891. The lowest BCUT2D eigenvalue weighted by Crippen LogP contribution is -2.58. The number of ether oxygens (including phenoxy) is 1. The summed E-state index contributed by atoms with van der Waals surface area (Å²) in [5, 5.41) is 4.51. The summed E-state index contributed by atoms with van der Waals surface area (Å²) in [6, 6.07) is 6.91. The maximum Gasteiger partial charge on any atom is 0.121 e. The topological polar surface area (TPSA) is 24.5 Å². The minimum absolute atomic E-state index is 0.481. The predicted molar refractivity (Wildman–Crippen MR) is 90.7 cm³/mol. The van der Waals surface area contributed by atoms with Crippen molar-refractivity contribution in [2.24, 2.45) is 5.92 Å². The molecule has 1 heterocycles. The third kappa shape index (κ3) is 3.64. The Bertz CT molecular complexity index is 466. The molecule has 4 heteroatoms. The lowest BCUT2D eigenvalue weighted by atomic mass is 9.94. The molecule has 0 radical (unpaired) electrons. The number of hydrogen-bond donors (Lipinski definition) is 1. The van der Waals surface area contributed by atoms with Crippen LogP contribution in [0.5, 0.6) is 5.75 Å². The van der Waals surface area contributed by atoms with Gasteiger partial charge in [0.1, 0.15) is 5.75 Å².